The van der Waals surface area contributed by atoms with Gasteiger partial charge in [-0.25, -0.2) is 0 Å². The van der Waals surface area contributed by atoms with Crippen molar-refractivity contribution in [1.29, 1.82) is 0 Å². The maximum atomic E-state index is 12.6. The van der Waals surface area contributed by atoms with E-state index in [4.69, 9.17) is 9.47 Å². The highest BCUT2D eigenvalue weighted by Gasteiger charge is 2.34. The fourth-order valence-corrected chi connectivity index (χ4v) is 3.36. The van der Waals surface area contributed by atoms with Crippen molar-refractivity contribution in [3.05, 3.63) is 34.2 Å². The number of rotatable bonds is 5. The van der Waals surface area contributed by atoms with Gasteiger partial charge in [0.2, 0.25) is 5.78 Å². The van der Waals surface area contributed by atoms with Crippen molar-refractivity contribution >= 4 is 22.4 Å². The molecule has 2 rings (SSSR count). The first-order valence-electron chi connectivity index (χ1n) is 6.49. The second-order valence-corrected chi connectivity index (χ2v) is 6.01. The second-order valence-electron chi connectivity index (χ2n) is 4.47. The minimum Gasteiger partial charge on any atom is -0.496 e. The lowest BCUT2D eigenvalue weighted by Gasteiger charge is -2.19. The molecule has 0 N–H and O–H groups in total. The third-order valence-electron chi connectivity index (χ3n) is 3.16. The number of allylic oxidation sites excluding steroid dienone is 2. The molecule has 1 aromatic rings. The predicted molar refractivity (Wildman–Crippen MR) is 79.6 cm³/mol. The third kappa shape index (κ3) is 2.63. The molecule has 0 bridgehead atoms. The fraction of sp³-hybridized carbons (Fsp3) is 0.333. The van der Waals surface area contributed by atoms with Gasteiger partial charge in [0.05, 0.1) is 41.1 Å². The summed E-state index contributed by atoms with van der Waals surface area (Å²) in [6.07, 6.45) is 1.81. The topological polar surface area (TPSA) is 69.7 Å². The molecule has 112 valence electrons. The van der Waals surface area contributed by atoms with E-state index in [-0.39, 0.29) is 27.6 Å². The monoisotopic (exact) mass is 308 g/mol. The van der Waals surface area contributed by atoms with Gasteiger partial charge in [-0.1, -0.05) is 6.92 Å². The van der Waals surface area contributed by atoms with Gasteiger partial charge < -0.3 is 9.47 Å². The molecule has 0 spiro atoms. The summed E-state index contributed by atoms with van der Waals surface area (Å²) in [5.41, 5.74) is 0.294. The Hall–Kier alpha value is -1.95. The average molecular weight is 308 g/mol. The summed E-state index contributed by atoms with van der Waals surface area (Å²) in [5, 5.41) is 0. The predicted octanol–water partition coefficient (Wildman–Crippen LogP) is 2.13. The Morgan fingerprint density at radius 1 is 1.05 bits per heavy atom. The van der Waals surface area contributed by atoms with Gasteiger partial charge in [-0.05, 0) is 18.6 Å². The summed E-state index contributed by atoms with van der Waals surface area (Å²) in [6, 6.07) is 3.14. The first kappa shape index (κ1) is 15.4. The summed E-state index contributed by atoms with van der Waals surface area (Å²) in [5.74, 6) is 0.0999. The molecule has 0 aromatic heterocycles. The number of Topliss-reactive ketones (excluding diaryl/α,β-unsaturated/α-hetero) is 1. The molecular formula is C15H16O5S. The van der Waals surface area contributed by atoms with Crippen LogP contribution in [0.4, 0.5) is 0 Å². The van der Waals surface area contributed by atoms with Crippen LogP contribution >= 0.6 is 0 Å². The molecule has 1 aliphatic carbocycles. The maximum Gasteiger partial charge on any atom is 0.206 e. The molecular weight excluding hydrogens is 292 g/mol. The number of ketones is 2. The van der Waals surface area contributed by atoms with E-state index in [0.717, 1.165) is 6.08 Å². The molecule has 0 aliphatic heterocycles. The van der Waals surface area contributed by atoms with E-state index in [1.807, 2.05) is 6.92 Å². The van der Waals surface area contributed by atoms with Crippen molar-refractivity contribution in [1.82, 2.24) is 0 Å². The summed E-state index contributed by atoms with van der Waals surface area (Å²) >= 11 is 0. The summed E-state index contributed by atoms with van der Waals surface area (Å²) < 4.78 is 22.4. The van der Waals surface area contributed by atoms with E-state index in [1.54, 1.807) is 12.1 Å². The molecule has 0 fully saturated rings. The highest BCUT2D eigenvalue weighted by molar-refractivity contribution is 7.90. The van der Waals surface area contributed by atoms with E-state index < -0.39 is 16.6 Å². The number of benzene rings is 1. The Morgan fingerprint density at radius 2 is 1.62 bits per heavy atom. The lowest BCUT2D eigenvalue weighted by molar-refractivity contribution is 0.0985. The van der Waals surface area contributed by atoms with Gasteiger partial charge in [-0.3, -0.25) is 13.8 Å². The van der Waals surface area contributed by atoms with Crippen LogP contribution in [0.5, 0.6) is 11.5 Å². The van der Waals surface area contributed by atoms with Gasteiger partial charge in [0.25, 0.3) is 0 Å². The van der Waals surface area contributed by atoms with Crippen molar-refractivity contribution in [2.75, 3.05) is 20.0 Å². The molecule has 1 unspecified atom stereocenters. The smallest absolute Gasteiger partial charge is 0.206 e. The molecule has 1 aromatic carbocycles. The minimum atomic E-state index is -1.49. The Kier molecular flexibility index (Phi) is 4.57. The van der Waals surface area contributed by atoms with Crippen LogP contribution in [0.2, 0.25) is 0 Å². The Bertz CT molecular complexity index is 660. The summed E-state index contributed by atoms with van der Waals surface area (Å²) in [4.78, 5) is 24.9. The number of hydrogen-bond donors (Lipinski definition) is 0. The molecule has 0 saturated carbocycles. The van der Waals surface area contributed by atoms with Crippen LogP contribution in [0, 0.1) is 0 Å². The van der Waals surface area contributed by atoms with E-state index in [1.165, 1.54) is 14.2 Å². The van der Waals surface area contributed by atoms with E-state index in [9.17, 15) is 13.8 Å². The molecule has 21 heavy (non-hydrogen) atoms. The van der Waals surface area contributed by atoms with E-state index in [2.05, 4.69) is 0 Å². The van der Waals surface area contributed by atoms with Gasteiger partial charge in [0, 0.05) is 11.8 Å². The van der Waals surface area contributed by atoms with Crippen LogP contribution in [0.1, 0.15) is 34.1 Å². The second kappa shape index (κ2) is 6.22. The minimum absolute atomic E-state index is 0.0286. The van der Waals surface area contributed by atoms with Crippen LogP contribution in [-0.4, -0.2) is 35.7 Å². The molecule has 0 amide bonds. The van der Waals surface area contributed by atoms with Crippen molar-refractivity contribution in [2.45, 2.75) is 13.3 Å². The number of ether oxygens (including phenoxy) is 2. The number of hydrogen-bond acceptors (Lipinski definition) is 5. The van der Waals surface area contributed by atoms with Crippen LogP contribution < -0.4 is 9.47 Å². The molecule has 0 radical (unpaired) electrons. The average Bonchev–Trinajstić information content (AvgIpc) is 2.49. The summed E-state index contributed by atoms with van der Waals surface area (Å²) in [7, 11) is 1.35. The zero-order valence-electron chi connectivity index (χ0n) is 12.1. The zero-order chi connectivity index (χ0) is 15.6. The maximum absolute atomic E-state index is 12.6. The van der Waals surface area contributed by atoms with E-state index in [0.29, 0.717) is 17.9 Å². The fourth-order valence-electron chi connectivity index (χ4n) is 2.22. The molecule has 1 aliphatic rings. The van der Waals surface area contributed by atoms with Crippen molar-refractivity contribution in [3.63, 3.8) is 0 Å². The first-order valence-corrected chi connectivity index (χ1v) is 7.81. The number of carbonyl (C=O) groups is 2. The summed E-state index contributed by atoms with van der Waals surface area (Å²) in [6.45, 7) is 1.87. The molecule has 6 heteroatoms. The Morgan fingerprint density at radius 3 is 2.14 bits per heavy atom. The van der Waals surface area contributed by atoms with Crippen molar-refractivity contribution in [3.8, 4) is 11.5 Å². The van der Waals surface area contributed by atoms with Crippen LogP contribution in [0.25, 0.3) is 0 Å². The number of methoxy groups -OCH3 is 2. The normalized spacial score (nSPS) is 15.3. The largest absolute Gasteiger partial charge is 0.496 e. The quantitative estimate of drug-likeness (QED) is 0.833. The molecule has 0 saturated heterocycles. The number of carbonyl (C=O) groups excluding carboxylic acids is 2. The lowest BCUT2D eigenvalue weighted by Crippen LogP contribution is -2.22. The standard InChI is InChI=1S/C15H16O5S/c1-4-7-21(18)12-8-9(16)13-10(19-2)5-6-11(20-3)14(13)15(12)17/h5-6,8H,4,7H2,1-3H3. The van der Waals surface area contributed by atoms with Gasteiger partial charge in [0.15, 0.2) is 5.78 Å². The van der Waals surface area contributed by atoms with Crippen molar-refractivity contribution in [2.24, 2.45) is 0 Å². The third-order valence-corrected chi connectivity index (χ3v) is 4.74. The van der Waals surface area contributed by atoms with Gasteiger partial charge in [-0.15, -0.1) is 0 Å². The van der Waals surface area contributed by atoms with E-state index >= 15 is 0 Å². The SMILES string of the molecule is CCCS(=O)C1=CC(=O)c2c(OC)ccc(OC)c2C1=O. The Labute approximate surface area is 125 Å². The molecule has 5 nitrogen and oxygen atoms in total. The van der Waals surface area contributed by atoms with Crippen LogP contribution in [0.3, 0.4) is 0 Å². The van der Waals surface area contributed by atoms with Crippen molar-refractivity contribution < 1.29 is 23.3 Å². The highest BCUT2D eigenvalue weighted by atomic mass is 32.2. The number of fused-ring (bicyclic) bond motifs is 1. The molecule has 1 atom stereocenters. The molecule has 0 heterocycles. The van der Waals surface area contributed by atoms with Gasteiger partial charge in [-0.2, -0.15) is 0 Å². The van der Waals surface area contributed by atoms with Crippen LogP contribution in [0.15, 0.2) is 23.1 Å². The highest BCUT2D eigenvalue weighted by Crippen LogP contribution is 2.36. The lowest BCUT2D eigenvalue weighted by atomic mass is 9.93. The Balaban J connectivity index is 2.63. The van der Waals surface area contributed by atoms with Gasteiger partial charge >= 0.3 is 0 Å². The first-order chi connectivity index (χ1) is 10.0. The zero-order valence-corrected chi connectivity index (χ0v) is 12.9. The van der Waals surface area contributed by atoms with Gasteiger partial charge in [0.1, 0.15) is 11.5 Å². The van der Waals surface area contributed by atoms with Crippen LogP contribution in [-0.2, 0) is 10.8 Å².